The molecule has 1 unspecified atom stereocenters. The first-order chi connectivity index (χ1) is 9.56. The van der Waals surface area contributed by atoms with Crippen LogP contribution in [0.25, 0.3) is 0 Å². The molecule has 1 atom stereocenters. The lowest BCUT2D eigenvalue weighted by atomic mass is 10.2. The maximum atomic E-state index is 11.8. The van der Waals surface area contributed by atoms with Gasteiger partial charge in [0, 0.05) is 13.1 Å². The van der Waals surface area contributed by atoms with E-state index < -0.39 is 0 Å². The third kappa shape index (κ3) is 5.21. The lowest BCUT2D eigenvalue weighted by Crippen LogP contribution is -2.44. The van der Waals surface area contributed by atoms with Crippen LogP contribution in [0.15, 0.2) is 24.3 Å². The van der Waals surface area contributed by atoms with Crippen molar-refractivity contribution in [2.45, 2.75) is 33.2 Å². The highest BCUT2D eigenvalue weighted by atomic mass is 16.5. The van der Waals surface area contributed by atoms with Crippen LogP contribution in [0.4, 0.5) is 0 Å². The Morgan fingerprint density at radius 2 is 2.10 bits per heavy atom. The van der Waals surface area contributed by atoms with Crippen LogP contribution < -0.4 is 10.1 Å². The summed E-state index contributed by atoms with van der Waals surface area (Å²) in [6.45, 7) is 8.02. The minimum atomic E-state index is -0.137. The SMILES string of the molecule is CCCNC(=O)C(C)N(C)CCOc1ccccc1C. The van der Waals surface area contributed by atoms with E-state index in [-0.39, 0.29) is 11.9 Å². The number of nitrogens with zero attached hydrogens (tertiary/aromatic N) is 1. The van der Waals surface area contributed by atoms with Crippen molar-refractivity contribution in [2.24, 2.45) is 0 Å². The topological polar surface area (TPSA) is 41.6 Å². The number of carbonyl (C=O) groups excluding carboxylic acids is 1. The average molecular weight is 278 g/mol. The van der Waals surface area contributed by atoms with Gasteiger partial charge in [0.25, 0.3) is 0 Å². The molecule has 4 nitrogen and oxygen atoms in total. The third-order valence-electron chi connectivity index (χ3n) is 3.38. The second-order valence-corrected chi connectivity index (χ2v) is 5.06. The summed E-state index contributed by atoms with van der Waals surface area (Å²) in [5.41, 5.74) is 1.13. The summed E-state index contributed by atoms with van der Waals surface area (Å²) in [5, 5.41) is 2.91. The molecule has 1 aromatic rings. The van der Waals surface area contributed by atoms with Crippen LogP contribution >= 0.6 is 0 Å². The highest BCUT2D eigenvalue weighted by Crippen LogP contribution is 2.15. The molecule has 0 radical (unpaired) electrons. The molecule has 4 heteroatoms. The van der Waals surface area contributed by atoms with Gasteiger partial charge in [-0.2, -0.15) is 0 Å². The summed E-state index contributed by atoms with van der Waals surface area (Å²) in [7, 11) is 1.94. The van der Waals surface area contributed by atoms with Crippen LogP contribution in [-0.2, 0) is 4.79 Å². The normalized spacial score (nSPS) is 12.2. The van der Waals surface area contributed by atoms with Crippen molar-refractivity contribution >= 4 is 5.91 Å². The largest absolute Gasteiger partial charge is 0.492 e. The lowest BCUT2D eigenvalue weighted by molar-refractivity contribution is -0.125. The fourth-order valence-corrected chi connectivity index (χ4v) is 1.81. The van der Waals surface area contributed by atoms with Crippen molar-refractivity contribution in [3.05, 3.63) is 29.8 Å². The predicted molar refractivity (Wildman–Crippen MR) is 82.1 cm³/mol. The molecule has 0 saturated carbocycles. The first kappa shape index (κ1) is 16.5. The first-order valence-corrected chi connectivity index (χ1v) is 7.22. The molecule has 1 rings (SSSR count). The van der Waals surface area contributed by atoms with Gasteiger partial charge in [0.2, 0.25) is 5.91 Å². The van der Waals surface area contributed by atoms with Gasteiger partial charge in [-0.05, 0) is 38.9 Å². The molecular formula is C16H26N2O2. The molecular weight excluding hydrogens is 252 g/mol. The summed E-state index contributed by atoms with van der Waals surface area (Å²) < 4.78 is 5.75. The highest BCUT2D eigenvalue weighted by molar-refractivity contribution is 5.81. The monoisotopic (exact) mass is 278 g/mol. The van der Waals surface area contributed by atoms with E-state index in [9.17, 15) is 4.79 Å². The Labute approximate surface area is 122 Å². The summed E-state index contributed by atoms with van der Waals surface area (Å²) >= 11 is 0. The van der Waals surface area contributed by atoms with Gasteiger partial charge in [0.05, 0.1) is 6.04 Å². The summed E-state index contributed by atoms with van der Waals surface area (Å²) in [6, 6.07) is 7.82. The average Bonchev–Trinajstić information content (AvgIpc) is 2.45. The zero-order valence-corrected chi connectivity index (χ0v) is 13.0. The van der Waals surface area contributed by atoms with Gasteiger partial charge < -0.3 is 10.1 Å². The van der Waals surface area contributed by atoms with Crippen LogP contribution in [0.3, 0.4) is 0 Å². The Morgan fingerprint density at radius 3 is 2.75 bits per heavy atom. The molecule has 0 heterocycles. The van der Waals surface area contributed by atoms with Gasteiger partial charge in [0.15, 0.2) is 0 Å². The van der Waals surface area contributed by atoms with Gasteiger partial charge in [-0.15, -0.1) is 0 Å². The number of likely N-dealkylation sites (N-methyl/N-ethyl adjacent to an activating group) is 1. The summed E-state index contributed by atoms with van der Waals surface area (Å²) in [6.07, 6.45) is 0.957. The number of benzene rings is 1. The highest BCUT2D eigenvalue weighted by Gasteiger charge is 2.17. The number of carbonyl (C=O) groups is 1. The van der Waals surface area contributed by atoms with Crippen LogP contribution in [0, 0.1) is 6.92 Å². The van der Waals surface area contributed by atoms with E-state index in [1.807, 2.05) is 57.0 Å². The minimum absolute atomic E-state index is 0.0743. The number of aryl methyl sites for hydroxylation is 1. The number of rotatable bonds is 8. The third-order valence-corrected chi connectivity index (χ3v) is 3.38. The van der Waals surface area contributed by atoms with E-state index in [1.165, 1.54) is 0 Å². The van der Waals surface area contributed by atoms with Crippen molar-refractivity contribution in [3.63, 3.8) is 0 Å². The second-order valence-electron chi connectivity index (χ2n) is 5.06. The number of para-hydroxylation sites is 1. The van der Waals surface area contributed by atoms with E-state index in [4.69, 9.17) is 4.74 Å². The molecule has 0 aliphatic rings. The molecule has 112 valence electrons. The van der Waals surface area contributed by atoms with Crippen LogP contribution in [0.5, 0.6) is 5.75 Å². The summed E-state index contributed by atoms with van der Waals surface area (Å²) in [4.78, 5) is 13.8. The molecule has 1 aromatic carbocycles. The zero-order chi connectivity index (χ0) is 15.0. The maximum Gasteiger partial charge on any atom is 0.237 e. The van der Waals surface area contributed by atoms with Crippen LogP contribution in [-0.4, -0.2) is 43.6 Å². The number of ether oxygens (including phenoxy) is 1. The Kier molecular flexibility index (Phi) is 7.09. The quantitative estimate of drug-likeness (QED) is 0.793. The molecule has 0 fully saturated rings. The predicted octanol–water partition coefficient (Wildman–Crippen LogP) is 2.22. The van der Waals surface area contributed by atoms with Crippen molar-refractivity contribution in [1.82, 2.24) is 10.2 Å². The zero-order valence-electron chi connectivity index (χ0n) is 13.0. The van der Waals surface area contributed by atoms with Crippen molar-refractivity contribution < 1.29 is 9.53 Å². The smallest absolute Gasteiger partial charge is 0.237 e. The number of amides is 1. The molecule has 0 spiro atoms. The van der Waals surface area contributed by atoms with E-state index >= 15 is 0 Å². The van der Waals surface area contributed by atoms with E-state index in [2.05, 4.69) is 5.32 Å². The number of nitrogens with one attached hydrogen (secondary N) is 1. The molecule has 0 saturated heterocycles. The lowest BCUT2D eigenvalue weighted by Gasteiger charge is -2.24. The first-order valence-electron chi connectivity index (χ1n) is 7.22. The van der Waals surface area contributed by atoms with Crippen molar-refractivity contribution in [3.8, 4) is 5.75 Å². The second kappa shape index (κ2) is 8.59. The Morgan fingerprint density at radius 1 is 1.40 bits per heavy atom. The fraction of sp³-hybridized carbons (Fsp3) is 0.562. The van der Waals surface area contributed by atoms with Crippen LogP contribution in [0.2, 0.25) is 0 Å². The van der Waals surface area contributed by atoms with Gasteiger partial charge >= 0.3 is 0 Å². The molecule has 0 aromatic heterocycles. The molecule has 0 bridgehead atoms. The molecule has 0 aliphatic carbocycles. The molecule has 20 heavy (non-hydrogen) atoms. The van der Waals surface area contributed by atoms with Gasteiger partial charge in [0.1, 0.15) is 12.4 Å². The van der Waals surface area contributed by atoms with E-state index in [1.54, 1.807) is 0 Å². The Bertz CT molecular complexity index is 421. The Balaban J connectivity index is 2.34. The van der Waals surface area contributed by atoms with Crippen molar-refractivity contribution in [1.29, 1.82) is 0 Å². The molecule has 1 N–H and O–H groups in total. The number of hydrogen-bond acceptors (Lipinski definition) is 3. The van der Waals surface area contributed by atoms with Crippen LogP contribution in [0.1, 0.15) is 25.8 Å². The van der Waals surface area contributed by atoms with Gasteiger partial charge in [-0.25, -0.2) is 0 Å². The standard InChI is InChI=1S/C16H26N2O2/c1-5-10-17-16(19)14(3)18(4)11-12-20-15-9-7-6-8-13(15)2/h6-9,14H,5,10-12H2,1-4H3,(H,17,19). The molecule has 0 aliphatic heterocycles. The summed E-state index contributed by atoms with van der Waals surface area (Å²) in [5.74, 6) is 0.981. The minimum Gasteiger partial charge on any atom is -0.492 e. The van der Waals surface area contributed by atoms with Gasteiger partial charge in [-0.3, -0.25) is 9.69 Å². The maximum absolute atomic E-state index is 11.8. The Hall–Kier alpha value is -1.55. The fourth-order valence-electron chi connectivity index (χ4n) is 1.81. The molecule has 1 amide bonds. The van der Waals surface area contributed by atoms with Crippen molar-refractivity contribution in [2.75, 3.05) is 26.7 Å². The van der Waals surface area contributed by atoms with Gasteiger partial charge in [-0.1, -0.05) is 25.1 Å². The van der Waals surface area contributed by atoms with E-state index in [0.717, 1.165) is 30.8 Å². The van der Waals surface area contributed by atoms with E-state index in [0.29, 0.717) is 6.61 Å². The number of hydrogen-bond donors (Lipinski definition) is 1.